The summed E-state index contributed by atoms with van der Waals surface area (Å²) < 4.78 is 32.7. The van der Waals surface area contributed by atoms with Crippen molar-refractivity contribution in [2.45, 2.75) is 33.3 Å². The van der Waals surface area contributed by atoms with Gasteiger partial charge in [0.05, 0.1) is 12.7 Å². The fraction of sp³-hybridized carbons (Fsp3) is 0.696. The first-order chi connectivity index (χ1) is 14.9. The van der Waals surface area contributed by atoms with E-state index >= 15 is 0 Å². The molecule has 32 heavy (non-hydrogen) atoms. The van der Waals surface area contributed by atoms with Gasteiger partial charge in [0, 0.05) is 64.1 Å². The van der Waals surface area contributed by atoms with Crippen LogP contribution in [-0.4, -0.2) is 75.9 Å². The molecule has 1 aromatic rings. The van der Waals surface area contributed by atoms with Crippen molar-refractivity contribution in [2.75, 3.05) is 63.9 Å². The Morgan fingerprint density at radius 1 is 1.19 bits per heavy atom. The van der Waals surface area contributed by atoms with Crippen molar-refractivity contribution in [3.63, 3.8) is 0 Å². The van der Waals surface area contributed by atoms with Crippen LogP contribution in [0.3, 0.4) is 0 Å². The number of benzene rings is 1. The average Bonchev–Trinajstić information content (AvgIpc) is 3.21. The number of guanidine groups is 1. The van der Waals surface area contributed by atoms with Crippen LogP contribution in [0.25, 0.3) is 0 Å². The summed E-state index contributed by atoms with van der Waals surface area (Å²) in [6.45, 7) is 14.2. The van der Waals surface area contributed by atoms with Crippen LogP contribution in [0.4, 0.5) is 14.5 Å². The number of aliphatic imine (C=N–C) groups is 1. The summed E-state index contributed by atoms with van der Waals surface area (Å²) >= 11 is 0. The molecule has 2 fully saturated rings. The van der Waals surface area contributed by atoms with Crippen LogP contribution in [0.5, 0.6) is 0 Å². The molecule has 0 saturated carbocycles. The van der Waals surface area contributed by atoms with Gasteiger partial charge in [0.15, 0.2) is 17.6 Å². The molecule has 2 aliphatic heterocycles. The van der Waals surface area contributed by atoms with E-state index in [1.165, 1.54) is 12.1 Å². The molecule has 2 heterocycles. The molecule has 0 spiro atoms. The Hall–Kier alpha value is -1.20. The Bertz CT molecular complexity index is 736. The quantitative estimate of drug-likeness (QED) is 0.288. The zero-order valence-electron chi connectivity index (χ0n) is 19.4. The van der Waals surface area contributed by atoms with E-state index in [4.69, 9.17) is 9.73 Å². The van der Waals surface area contributed by atoms with Gasteiger partial charge in [-0.2, -0.15) is 0 Å². The number of anilines is 1. The lowest BCUT2D eigenvalue weighted by atomic mass is 10.1. The summed E-state index contributed by atoms with van der Waals surface area (Å²) in [6, 6.07) is 4.11. The third kappa shape index (κ3) is 8.30. The molecule has 9 heteroatoms. The molecule has 2 saturated heterocycles. The van der Waals surface area contributed by atoms with Gasteiger partial charge in [-0.1, -0.05) is 13.8 Å². The van der Waals surface area contributed by atoms with Gasteiger partial charge in [-0.25, -0.2) is 8.78 Å². The maximum Gasteiger partial charge on any atom is 0.191 e. The highest BCUT2D eigenvalue weighted by atomic mass is 127. The molecule has 2 atom stereocenters. The number of nitrogens with zero attached hydrogens (tertiary/aromatic N) is 3. The van der Waals surface area contributed by atoms with Gasteiger partial charge in [-0.15, -0.1) is 24.0 Å². The summed E-state index contributed by atoms with van der Waals surface area (Å²) in [7, 11) is 0. The Kier molecular flexibility index (Phi) is 11.4. The minimum Gasteiger partial charge on any atom is -0.374 e. The van der Waals surface area contributed by atoms with Crippen molar-refractivity contribution in [2.24, 2.45) is 16.8 Å². The molecule has 0 aromatic heterocycles. The summed E-state index contributed by atoms with van der Waals surface area (Å²) in [5.74, 6) is 0.242. The van der Waals surface area contributed by atoms with Crippen LogP contribution < -0.4 is 15.5 Å². The van der Waals surface area contributed by atoms with Gasteiger partial charge in [-0.3, -0.25) is 9.89 Å². The molecule has 0 radical (unpaired) electrons. The van der Waals surface area contributed by atoms with E-state index in [2.05, 4.69) is 41.2 Å². The molecular formula is C23H38F2IN5O. The second kappa shape index (κ2) is 13.5. The highest BCUT2D eigenvalue weighted by molar-refractivity contribution is 14.0. The number of hydrogen-bond acceptors (Lipinski definition) is 4. The molecule has 1 aromatic carbocycles. The number of hydrogen-bond donors (Lipinski definition) is 2. The Morgan fingerprint density at radius 2 is 2.00 bits per heavy atom. The normalized spacial score (nSPS) is 22.2. The van der Waals surface area contributed by atoms with Crippen LogP contribution in [0.15, 0.2) is 23.2 Å². The predicted octanol–water partition coefficient (Wildman–Crippen LogP) is 3.32. The lowest BCUT2D eigenvalue weighted by molar-refractivity contribution is -0.0284. The zero-order valence-corrected chi connectivity index (χ0v) is 21.8. The van der Waals surface area contributed by atoms with E-state index in [1.807, 2.05) is 0 Å². The number of halogens is 3. The lowest BCUT2D eigenvalue weighted by Crippen LogP contribution is -2.50. The van der Waals surface area contributed by atoms with E-state index in [0.29, 0.717) is 18.4 Å². The summed E-state index contributed by atoms with van der Waals surface area (Å²) in [4.78, 5) is 9.34. The second-order valence-corrected chi connectivity index (χ2v) is 8.95. The fourth-order valence-corrected chi connectivity index (χ4v) is 4.26. The molecule has 3 rings (SSSR count). The van der Waals surface area contributed by atoms with E-state index in [-0.39, 0.29) is 30.1 Å². The van der Waals surface area contributed by atoms with Crippen LogP contribution in [0.2, 0.25) is 0 Å². The maximum atomic E-state index is 13.5. The standard InChI is InChI=1S/C23H37F2N5O.HI/c1-4-26-23(28-13-20-16-29(9-10-31-20)14-17(2)3)27-12-18-7-8-30(15-18)19-5-6-21(24)22(25)11-19;/h5-6,11,17-18,20H,4,7-10,12-16H2,1-3H3,(H2,26,27,28);1H. The average molecular weight is 565 g/mol. The van der Waals surface area contributed by atoms with Gasteiger partial charge in [0.25, 0.3) is 0 Å². The van der Waals surface area contributed by atoms with Crippen molar-refractivity contribution in [1.82, 2.24) is 15.5 Å². The Labute approximate surface area is 208 Å². The summed E-state index contributed by atoms with van der Waals surface area (Å²) in [5, 5.41) is 6.74. The third-order valence-electron chi connectivity index (χ3n) is 5.75. The number of rotatable bonds is 8. The highest BCUT2D eigenvalue weighted by Crippen LogP contribution is 2.25. The first-order valence-corrected chi connectivity index (χ1v) is 11.5. The van der Waals surface area contributed by atoms with Gasteiger partial charge < -0.3 is 20.3 Å². The SMILES string of the molecule is CCNC(=NCC1CCN(c2ccc(F)c(F)c2)C1)NCC1CN(CC(C)C)CCO1.I. The maximum absolute atomic E-state index is 13.5. The van der Waals surface area contributed by atoms with Gasteiger partial charge >= 0.3 is 0 Å². The van der Waals surface area contributed by atoms with Crippen LogP contribution in [0.1, 0.15) is 27.2 Å². The van der Waals surface area contributed by atoms with Crippen LogP contribution in [0, 0.1) is 23.5 Å². The van der Waals surface area contributed by atoms with Crippen molar-refractivity contribution in [3.8, 4) is 0 Å². The predicted molar refractivity (Wildman–Crippen MR) is 137 cm³/mol. The third-order valence-corrected chi connectivity index (χ3v) is 5.75. The topological polar surface area (TPSA) is 52.1 Å². The van der Waals surface area contributed by atoms with Crippen molar-refractivity contribution in [1.29, 1.82) is 0 Å². The lowest BCUT2D eigenvalue weighted by Gasteiger charge is -2.34. The minimum atomic E-state index is -0.806. The van der Waals surface area contributed by atoms with E-state index in [1.54, 1.807) is 6.07 Å². The Balaban J connectivity index is 0.00000363. The first-order valence-electron chi connectivity index (χ1n) is 11.5. The first kappa shape index (κ1) is 27.0. The molecular weight excluding hydrogens is 527 g/mol. The summed E-state index contributed by atoms with van der Waals surface area (Å²) in [5.41, 5.74) is 0.732. The van der Waals surface area contributed by atoms with E-state index in [9.17, 15) is 8.78 Å². The molecule has 0 aliphatic carbocycles. The van der Waals surface area contributed by atoms with Gasteiger partial charge in [0.2, 0.25) is 0 Å². The molecule has 2 N–H and O–H groups in total. The van der Waals surface area contributed by atoms with Gasteiger partial charge in [-0.05, 0) is 37.3 Å². The molecule has 0 bridgehead atoms. The molecule has 2 aliphatic rings. The molecule has 0 amide bonds. The van der Waals surface area contributed by atoms with Crippen molar-refractivity contribution >= 4 is 35.6 Å². The smallest absolute Gasteiger partial charge is 0.191 e. The van der Waals surface area contributed by atoms with Crippen molar-refractivity contribution in [3.05, 3.63) is 29.8 Å². The van der Waals surface area contributed by atoms with Crippen LogP contribution in [-0.2, 0) is 4.74 Å². The van der Waals surface area contributed by atoms with E-state index in [0.717, 1.165) is 70.5 Å². The second-order valence-electron chi connectivity index (χ2n) is 8.95. The zero-order chi connectivity index (χ0) is 22.2. The summed E-state index contributed by atoms with van der Waals surface area (Å²) in [6.07, 6.45) is 1.14. The van der Waals surface area contributed by atoms with E-state index < -0.39 is 11.6 Å². The fourth-order valence-electron chi connectivity index (χ4n) is 4.26. The van der Waals surface area contributed by atoms with Crippen LogP contribution >= 0.6 is 24.0 Å². The number of nitrogens with one attached hydrogen (secondary N) is 2. The number of ether oxygens (including phenoxy) is 1. The Morgan fingerprint density at radius 3 is 2.72 bits per heavy atom. The molecule has 6 nitrogen and oxygen atoms in total. The monoisotopic (exact) mass is 565 g/mol. The minimum absolute atomic E-state index is 0. The molecule has 2 unspecified atom stereocenters. The number of morpholine rings is 1. The highest BCUT2D eigenvalue weighted by Gasteiger charge is 2.24. The van der Waals surface area contributed by atoms with Gasteiger partial charge in [0.1, 0.15) is 0 Å². The molecule has 182 valence electrons. The largest absolute Gasteiger partial charge is 0.374 e. The van der Waals surface area contributed by atoms with Crippen molar-refractivity contribution < 1.29 is 13.5 Å².